The lowest BCUT2D eigenvalue weighted by atomic mass is 9.41. The maximum Gasteiger partial charge on any atom is 0.352 e. The average Bonchev–Trinajstić information content (AvgIpc) is 3.43. The summed E-state index contributed by atoms with van der Waals surface area (Å²) in [4.78, 5) is 29.5. The Labute approximate surface area is 256 Å². The third-order valence-corrected chi connectivity index (χ3v) is 18.0. The third kappa shape index (κ3) is 3.43. The van der Waals surface area contributed by atoms with E-state index in [0.717, 1.165) is 25.7 Å². The largest absolute Gasteiger partial charge is 0.410 e. The molecule has 8 rings (SSSR count). The van der Waals surface area contributed by atoms with Crippen LogP contribution in [0.15, 0.2) is 64.2 Å². The molecule has 2 fully saturated rings. The lowest BCUT2D eigenvalue weighted by Gasteiger charge is -2.70. The fourth-order valence-corrected chi connectivity index (χ4v) is 11.7. The zero-order valence-electron chi connectivity index (χ0n) is 27.1. The average molecular weight is 604 g/mol. The first-order chi connectivity index (χ1) is 20.1. The van der Waals surface area contributed by atoms with Gasteiger partial charge in [-0.3, -0.25) is 0 Å². The van der Waals surface area contributed by atoms with Crippen LogP contribution >= 0.6 is 0 Å². The molecule has 9 atom stereocenters. The van der Waals surface area contributed by atoms with Gasteiger partial charge in [0.1, 0.15) is 0 Å². The molecule has 2 aromatic rings. The van der Waals surface area contributed by atoms with Gasteiger partial charge in [-0.1, -0.05) is 77.1 Å². The van der Waals surface area contributed by atoms with Crippen molar-refractivity contribution in [3.05, 3.63) is 75.6 Å². The van der Waals surface area contributed by atoms with E-state index in [4.69, 9.17) is 4.43 Å². The van der Waals surface area contributed by atoms with Gasteiger partial charge in [-0.25, -0.2) is 23.5 Å². The number of hydrogen-bond donors (Lipinski definition) is 1. The van der Waals surface area contributed by atoms with Crippen LogP contribution in [-0.4, -0.2) is 39.6 Å². The predicted molar refractivity (Wildman–Crippen MR) is 172 cm³/mol. The summed E-state index contributed by atoms with van der Waals surface area (Å²) in [5, 5.41) is 11.0. The number of hydrogen-bond acceptors (Lipinski definition) is 4. The molecule has 0 saturated heterocycles. The maximum absolute atomic E-state index is 14.8. The van der Waals surface area contributed by atoms with Crippen molar-refractivity contribution in [2.75, 3.05) is 0 Å². The van der Waals surface area contributed by atoms with Crippen molar-refractivity contribution in [2.45, 2.75) is 115 Å². The Bertz CT molecular complexity index is 1640. The molecule has 2 aliphatic heterocycles. The Morgan fingerprint density at radius 1 is 0.953 bits per heavy atom. The number of allylic oxidation sites excluding steroid dienone is 3. The van der Waals surface area contributed by atoms with Gasteiger partial charge in [0.05, 0.1) is 29.0 Å². The van der Waals surface area contributed by atoms with Crippen LogP contribution < -0.4 is 11.4 Å². The van der Waals surface area contributed by atoms with Crippen LogP contribution in [0.1, 0.15) is 73.6 Å². The molecule has 4 aliphatic carbocycles. The standard InChI is InChI=1S/C35H49N3O4Si/c1-23(39)26-14-15-27-32(26,5)18-17-28-33(6)19-16-25(42-43(7,8)31(2,3)4)22-34(33)20-21-35(27,28)38-30(41)36(29(40)37(34)38)24-12-10-9-11-13-24/h9-13,16,19-21,23,25-28,39H,14-15,17-18,22H2,1-8H3/t23-,25+,26-,27-,28-,32-,33-,34-,35+/m1/s1. The molecular weight excluding hydrogens is 554 g/mol. The zero-order chi connectivity index (χ0) is 31.0. The monoisotopic (exact) mass is 603 g/mol. The lowest BCUT2D eigenvalue weighted by Crippen LogP contribution is -2.76. The fraction of sp³-hybridized carbons (Fsp3) is 0.657. The van der Waals surface area contributed by atoms with E-state index in [9.17, 15) is 14.7 Å². The number of aliphatic hydroxyl groups is 1. The van der Waals surface area contributed by atoms with Gasteiger partial charge in [0.2, 0.25) is 0 Å². The summed E-state index contributed by atoms with van der Waals surface area (Å²) in [5.41, 5.74) is -1.82. The third-order valence-electron chi connectivity index (χ3n) is 13.5. The molecule has 232 valence electrons. The Morgan fingerprint density at radius 3 is 2.28 bits per heavy atom. The number of nitrogens with zero attached hydrogens (tertiary/aromatic N) is 3. The highest BCUT2D eigenvalue weighted by Crippen LogP contribution is 2.73. The van der Waals surface area contributed by atoms with Crippen molar-refractivity contribution in [3.63, 3.8) is 0 Å². The van der Waals surface area contributed by atoms with Crippen LogP contribution in [0.25, 0.3) is 5.69 Å². The molecule has 6 aliphatic rings. The number of para-hydroxylation sites is 1. The fourth-order valence-electron chi connectivity index (χ4n) is 10.4. The molecule has 2 saturated carbocycles. The van der Waals surface area contributed by atoms with Crippen molar-refractivity contribution in [3.8, 4) is 5.69 Å². The highest BCUT2D eigenvalue weighted by molar-refractivity contribution is 6.74. The van der Waals surface area contributed by atoms with E-state index in [2.05, 4.69) is 72.0 Å². The first kappa shape index (κ1) is 29.3. The molecule has 0 unspecified atom stereocenters. The van der Waals surface area contributed by atoms with E-state index in [0.29, 0.717) is 12.1 Å². The van der Waals surface area contributed by atoms with Gasteiger partial charge >= 0.3 is 11.4 Å². The van der Waals surface area contributed by atoms with Crippen molar-refractivity contribution in [1.82, 2.24) is 13.9 Å². The zero-order valence-corrected chi connectivity index (χ0v) is 28.1. The second-order valence-corrected chi connectivity index (χ2v) is 21.1. The molecule has 2 spiro atoms. The number of benzene rings is 1. The van der Waals surface area contributed by atoms with Crippen LogP contribution in [-0.2, 0) is 15.5 Å². The Balaban J connectivity index is 1.49. The van der Waals surface area contributed by atoms with E-state index in [1.165, 1.54) is 4.57 Å². The van der Waals surface area contributed by atoms with E-state index < -0.39 is 25.5 Å². The second-order valence-electron chi connectivity index (χ2n) is 16.3. The predicted octanol–water partition coefficient (Wildman–Crippen LogP) is 5.95. The SMILES string of the molecule is C[C@@H](O)[C@H]1CC[C@@H]2[C@]1(C)CC[C@H]1[C@]23C=C[C@]2(C[C@@H](O[Si](C)(C)C(C)(C)C)C=C[C@]12C)n1c(=O)n(-c2ccccc2)c(=O)n13. The van der Waals surface area contributed by atoms with E-state index in [1.807, 2.05) is 46.6 Å². The van der Waals surface area contributed by atoms with E-state index in [-0.39, 0.29) is 51.1 Å². The van der Waals surface area contributed by atoms with E-state index >= 15 is 0 Å². The first-order valence-corrected chi connectivity index (χ1v) is 19.3. The number of fused-ring (bicyclic) bond motifs is 1. The van der Waals surface area contributed by atoms with Crippen molar-refractivity contribution < 1.29 is 9.53 Å². The summed E-state index contributed by atoms with van der Waals surface area (Å²) in [6, 6.07) is 9.38. The molecule has 7 nitrogen and oxygen atoms in total. The van der Waals surface area contributed by atoms with Crippen molar-refractivity contribution in [2.24, 2.45) is 28.6 Å². The minimum Gasteiger partial charge on any atom is -0.410 e. The number of aromatic nitrogens is 3. The molecular formula is C35H49N3O4Si. The normalized spacial score (nSPS) is 40.1. The highest BCUT2D eigenvalue weighted by atomic mass is 28.4. The summed E-state index contributed by atoms with van der Waals surface area (Å²) in [6.07, 6.45) is 13.1. The van der Waals surface area contributed by atoms with Crippen LogP contribution in [0.4, 0.5) is 0 Å². The lowest BCUT2D eigenvalue weighted by molar-refractivity contribution is -0.168. The molecule has 0 amide bonds. The number of rotatable bonds is 4. The van der Waals surface area contributed by atoms with Crippen LogP contribution in [0.3, 0.4) is 0 Å². The van der Waals surface area contributed by atoms with Gasteiger partial charge in [0.15, 0.2) is 8.32 Å². The molecule has 1 aromatic heterocycles. The second kappa shape index (κ2) is 8.85. The summed E-state index contributed by atoms with van der Waals surface area (Å²) < 4.78 is 12.2. The summed E-state index contributed by atoms with van der Waals surface area (Å²) in [6.45, 7) is 17.9. The first-order valence-electron chi connectivity index (χ1n) is 16.3. The molecule has 1 aromatic carbocycles. The Kier molecular flexibility index (Phi) is 6.03. The summed E-state index contributed by atoms with van der Waals surface area (Å²) in [5.74, 6) is 0.443. The number of aliphatic hydroxyl groups excluding tert-OH is 1. The van der Waals surface area contributed by atoms with Gasteiger partial charge in [-0.15, -0.1) is 0 Å². The summed E-state index contributed by atoms with van der Waals surface area (Å²) in [7, 11) is -2.11. The van der Waals surface area contributed by atoms with Gasteiger partial charge in [0, 0.05) is 11.8 Å². The molecule has 1 N–H and O–H groups in total. The topological polar surface area (TPSA) is 78.4 Å². The molecule has 8 heteroatoms. The van der Waals surface area contributed by atoms with Gasteiger partial charge in [-0.05, 0) is 86.0 Å². The molecule has 0 radical (unpaired) electrons. The summed E-state index contributed by atoms with van der Waals surface area (Å²) >= 11 is 0. The van der Waals surface area contributed by atoms with Gasteiger partial charge in [-0.2, -0.15) is 0 Å². The van der Waals surface area contributed by atoms with Gasteiger partial charge < -0.3 is 9.53 Å². The smallest absolute Gasteiger partial charge is 0.352 e. The Morgan fingerprint density at radius 2 is 1.63 bits per heavy atom. The highest BCUT2D eigenvalue weighted by Gasteiger charge is 2.74. The van der Waals surface area contributed by atoms with Crippen LogP contribution in [0, 0.1) is 28.6 Å². The molecule has 2 bridgehead atoms. The Hall–Kier alpha value is -2.42. The van der Waals surface area contributed by atoms with Gasteiger partial charge in [0.25, 0.3) is 0 Å². The minimum absolute atomic E-state index is 0.0512. The van der Waals surface area contributed by atoms with Crippen LogP contribution in [0.5, 0.6) is 0 Å². The maximum atomic E-state index is 14.8. The van der Waals surface area contributed by atoms with Crippen molar-refractivity contribution >= 4 is 8.32 Å². The van der Waals surface area contributed by atoms with Crippen LogP contribution in [0.2, 0.25) is 18.1 Å². The quantitative estimate of drug-likeness (QED) is 0.346. The molecule has 3 heterocycles. The molecule has 43 heavy (non-hydrogen) atoms. The van der Waals surface area contributed by atoms with E-state index in [1.54, 1.807) is 0 Å². The minimum atomic E-state index is -2.11. The van der Waals surface area contributed by atoms with Crippen molar-refractivity contribution in [1.29, 1.82) is 0 Å².